The van der Waals surface area contributed by atoms with Crippen molar-refractivity contribution in [1.29, 1.82) is 0 Å². The molecule has 1 aromatic rings. The Morgan fingerprint density at radius 3 is 2.40 bits per heavy atom. The fourth-order valence-electron chi connectivity index (χ4n) is 1.29. The minimum Gasteiger partial charge on any atom is -0.491 e. The van der Waals surface area contributed by atoms with Gasteiger partial charge in [0, 0.05) is 6.26 Å². The summed E-state index contributed by atoms with van der Waals surface area (Å²) in [6.45, 7) is 0.349. The summed E-state index contributed by atoms with van der Waals surface area (Å²) < 4.78 is 54.3. The normalized spacial score (nSPS) is 12.3. The second-order valence-corrected chi connectivity index (χ2v) is 7.82. The van der Waals surface area contributed by atoms with Crippen LogP contribution < -0.4 is 9.88 Å². The van der Waals surface area contributed by atoms with Crippen LogP contribution in [0.3, 0.4) is 0 Å². The zero-order chi connectivity index (χ0) is 15.2. The van der Waals surface area contributed by atoms with Crippen LogP contribution in [0.2, 0.25) is 0 Å². The molecule has 9 heteroatoms. The van der Waals surface area contributed by atoms with Gasteiger partial charge in [-0.2, -0.15) is 0 Å². The maximum absolute atomic E-state index is 11.3. The SMILES string of the molecule is CS(=O)(=O)c1cccc(OCCOCCS(N)(=O)=O)c1. The lowest BCUT2D eigenvalue weighted by atomic mass is 10.3. The van der Waals surface area contributed by atoms with E-state index in [1.165, 1.54) is 12.1 Å². The Bertz CT molecular complexity index is 639. The molecule has 0 atom stereocenters. The highest BCUT2D eigenvalue weighted by molar-refractivity contribution is 7.90. The highest BCUT2D eigenvalue weighted by Gasteiger charge is 2.07. The number of hydrogen-bond donors (Lipinski definition) is 1. The number of benzene rings is 1. The Balaban J connectivity index is 2.36. The van der Waals surface area contributed by atoms with Crippen molar-refractivity contribution in [2.75, 3.05) is 31.8 Å². The van der Waals surface area contributed by atoms with Crippen molar-refractivity contribution in [1.82, 2.24) is 0 Å². The number of rotatable bonds is 8. The van der Waals surface area contributed by atoms with E-state index in [-0.39, 0.29) is 30.5 Å². The Hall–Kier alpha value is -1.16. The monoisotopic (exact) mass is 323 g/mol. The Kier molecular flexibility index (Phi) is 5.93. The van der Waals surface area contributed by atoms with E-state index < -0.39 is 19.9 Å². The standard InChI is InChI=1S/C11H17NO6S2/c1-19(13,14)11-4-2-3-10(9-11)18-6-5-17-7-8-20(12,15)16/h2-4,9H,5-8H2,1H3,(H2,12,15,16). The van der Waals surface area contributed by atoms with Crippen molar-refractivity contribution < 1.29 is 26.3 Å². The first-order valence-corrected chi connectivity index (χ1v) is 9.30. The van der Waals surface area contributed by atoms with Crippen LogP contribution in [-0.2, 0) is 24.6 Å². The van der Waals surface area contributed by atoms with E-state index in [2.05, 4.69) is 0 Å². The molecule has 20 heavy (non-hydrogen) atoms. The maximum Gasteiger partial charge on any atom is 0.211 e. The van der Waals surface area contributed by atoms with E-state index >= 15 is 0 Å². The third-order valence-electron chi connectivity index (χ3n) is 2.24. The quantitative estimate of drug-likeness (QED) is 0.661. The summed E-state index contributed by atoms with van der Waals surface area (Å²) in [6, 6.07) is 6.09. The molecule has 0 spiro atoms. The summed E-state index contributed by atoms with van der Waals surface area (Å²) in [6.07, 6.45) is 1.11. The van der Waals surface area contributed by atoms with Crippen LogP contribution in [-0.4, -0.2) is 48.7 Å². The highest BCUT2D eigenvalue weighted by atomic mass is 32.2. The molecule has 0 aromatic heterocycles. The number of nitrogens with two attached hydrogens (primary N) is 1. The lowest BCUT2D eigenvalue weighted by molar-refractivity contribution is 0.111. The highest BCUT2D eigenvalue weighted by Crippen LogP contribution is 2.17. The van der Waals surface area contributed by atoms with Gasteiger partial charge in [0.25, 0.3) is 0 Å². The zero-order valence-electron chi connectivity index (χ0n) is 11.0. The van der Waals surface area contributed by atoms with Gasteiger partial charge in [-0.25, -0.2) is 22.0 Å². The van der Waals surface area contributed by atoms with Crippen molar-refractivity contribution in [2.45, 2.75) is 4.90 Å². The lowest BCUT2D eigenvalue weighted by Crippen LogP contribution is -2.21. The van der Waals surface area contributed by atoms with Gasteiger partial charge in [0.05, 0.1) is 23.9 Å². The molecule has 0 heterocycles. The third-order valence-corrected chi connectivity index (χ3v) is 4.09. The second-order valence-electron chi connectivity index (χ2n) is 4.07. The van der Waals surface area contributed by atoms with Crippen molar-refractivity contribution >= 4 is 19.9 Å². The molecule has 114 valence electrons. The van der Waals surface area contributed by atoms with E-state index in [9.17, 15) is 16.8 Å². The minimum absolute atomic E-state index is 0.00836. The molecule has 1 aromatic carbocycles. The topological polar surface area (TPSA) is 113 Å². The lowest BCUT2D eigenvalue weighted by Gasteiger charge is -2.08. The predicted octanol–water partition coefficient (Wildman–Crippen LogP) is -0.226. The van der Waals surface area contributed by atoms with Crippen LogP contribution in [0, 0.1) is 0 Å². The van der Waals surface area contributed by atoms with Gasteiger partial charge in [0.2, 0.25) is 10.0 Å². The van der Waals surface area contributed by atoms with Gasteiger partial charge in [-0.3, -0.25) is 0 Å². The molecular formula is C11H17NO6S2. The van der Waals surface area contributed by atoms with Crippen molar-refractivity contribution in [3.05, 3.63) is 24.3 Å². The molecule has 0 fully saturated rings. The molecular weight excluding hydrogens is 306 g/mol. The molecule has 0 radical (unpaired) electrons. The first kappa shape index (κ1) is 16.9. The average molecular weight is 323 g/mol. The maximum atomic E-state index is 11.3. The largest absolute Gasteiger partial charge is 0.491 e. The van der Waals surface area contributed by atoms with Gasteiger partial charge >= 0.3 is 0 Å². The zero-order valence-corrected chi connectivity index (χ0v) is 12.6. The number of ether oxygens (including phenoxy) is 2. The first-order valence-electron chi connectivity index (χ1n) is 5.69. The van der Waals surface area contributed by atoms with Gasteiger partial charge in [0.15, 0.2) is 9.84 Å². The number of sulfonamides is 1. The molecule has 7 nitrogen and oxygen atoms in total. The summed E-state index contributed by atoms with van der Waals surface area (Å²) in [4.78, 5) is 0.171. The number of sulfone groups is 1. The van der Waals surface area contributed by atoms with Gasteiger partial charge in [-0.1, -0.05) is 6.07 Å². The molecule has 0 amide bonds. The predicted molar refractivity (Wildman–Crippen MR) is 73.8 cm³/mol. The minimum atomic E-state index is -3.52. The summed E-state index contributed by atoms with van der Waals surface area (Å²) in [5, 5.41) is 4.80. The fraction of sp³-hybridized carbons (Fsp3) is 0.455. The van der Waals surface area contributed by atoms with Gasteiger partial charge in [-0.15, -0.1) is 0 Å². The van der Waals surface area contributed by atoms with E-state index in [0.717, 1.165) is 6.26 Å². The number of primary sulfonamides is 1. The van der Waals surface area contributed by atoms with E-state index in [4.69, 9.17) is 14.6 Å². The van der Waals surface area contributed by atoms with E-state index in [1.54, 1.807) is 12.1 Å². The molecule has 2 N–H and O–H groups in total. The molecule has 0 saturated heterocycles. The third kappa shape index (κ3) is 6.85. The fourth-order valence-corrected chi connectivity index (χ4v) is 2.30. The van der Waals surface area contributed by atoms with Crippen LogP contribution in [0.4, 0.5) is 0 Å². The van der Waals surface area contributed by atoms with Crippen molar-refractivity contribution in [3.8, 4) is 5.75 Å². The Morgan fingerprint density at radius 2 is 1.80 bits per heavy atom. The van der Waals surface area contributed by atoms with Crippen LogP contribution in [0.5, 0.6) is 5.75 Å². The summed E-state index contributed by atoms with van der Waals surface area (Å²) in [5.41, 5.74) is 0. The molecule has 0 unspecified atom stereocenters. The van der Waals surface area contributed by atoms with Crippen LogP contribution >= 0.6 is 0 Å². The van der Waals surface area contributed by atoms with Crippen LogP contribution in [0.15, 0.2) is 29.2 Å². The Morgan fingerprint density at radius 1 is 1.10 bits per heavy atom. The van der Waals surface area contributed by atoms with Gasteiger partial charge in [-0.05, 0) is 18.2 Å². The van der Waals surface area contributed by atoms with Crippen molar-refractivity contribution in [2.24, 2.45) is 5.14 Å². The summed E-state index contributed by atoms with van der Waals surface area (Å²) >= 11 is 0. The molecule has 0 aliphatic rings. The molecule has 0 bridgehead atoms. The second kappa shape index (κ2) is 7.02. The van der Waals surface area contributed by atoms with E-state index in [0.29, 0.717) is 5.75 Å². The van der Waals surface area contributed by atoms with E-state index in [1.807, 2.05) is 0 Å². The Labute approximate surface area is 118 Å². The smallest absolute Gasteiger partial charge is 0.211 e. The summed E-state index contributed by atoms with van der Waals surface area (Å²) in [7, 11) is -6.79. The average Bonchev–Trinajstić information content (AvgIpc) is 2.31. The molecule has 0 saturated carbocycles. The molecule has 1 rings (SSSR count). The summed E-state index contributed by atoms with van der Waals surface area (Å²) in [5.74, 6) is 0.152. The van der Waals surface area contributed by atoms with Crippen LogP contribution in [0.1, 0.15) is 0 Å². The first-order chi connectivity index (χ1) is 9.18. The van der Waals surface area contributed by atoms with Gasteiger partial charge < -0.3 is 9.47 Å². The van der Waals surface area contributed by atoms with Crippen LogP contribution in [0.25, 0.3) is 0 Å². The van der Waals surface area contributed by atoms with Crippen molar-refractivity contribution in [3.63, 3.8) is 0 Å². The molecule has 0 aliphatic carbocycles. The molecule has 0 aliphatic heterocycles. The van der Waals surface area contributed by atoms with Gasteiger partial charge in [0.1, 0.15) is 12.4 Å². The number of hydrogen-bond acceptors (Lipinski definition) is 6.